The Kier molecular flexibility index (Phi) is 8.06. The standard InChI is InChI=1S/C25H27ClN2O5S/c1-17-5-12-22(13-6-17)34(30,31)28(21-10-8-20(26)9-11-21)16-25(29)27-18(2)19-7-14-23(32-3)24(15-19)33-4/h5-15,18H,16H2,1-4H3,(H,27,29)/t18-/m0/s1. The molecule has 0 fully saturated rings. The molecule has 7 nitrogen and oxygen atoms in total. The molecule has 0 radical (unpaired) electrons. The number of hydrogen-bond acceptors (Lipinski definition) is 5. The second kappa shape index (κ2) is 10.8. The quantitative estimate of drug-likeness (QED) is 0.457. The van der Waals surface area contributed by atoms with Crippen LogP contribution in [0.3, 0.4) is 0 Å². The number of sulfonamides is 1. The Hall–Kier alpha value is -3.23. The lowest BCUT2D eigenvalue weighted by atomic mass is 10.1. The molecule has 0 aliphatic rings. The molecular formula is C25H27ClN2O5S. The minimum absolute atomic E-state index is 0.0915. The maximum Gasteiger partial charge on any atom is 0.264 e. The number of aryl methyl sites for hydroxylation is 1. The molecular weight excluding hydrogens is 476 g/mol. The predicted octanol–water partition coefficient (Wildman–Crippen LogP) is 4.74. The first kappa shape index (κ1) is 25.4. The van der Waals surface area contributed by atoms with Crippen LogP contribution in [0.4, 0.5) is 5.69 Å². The first-order valence-electron chi connectivity index (χ1n) is 10.5. The average molecular weight is 503 g/mol. The van der Waals surface area contributed by atoms with Gasteiger partial charge in [-0.2, -0.15) is 0 Å². The van der Waals surface area contributed by atoms with Gasteiger partial charge in [-0.3, -0.25) is 9.10 Å². The van der Waals surface area contributed by atoms with E-state index in [0.717, 1.165) is 15.4 Å². The van der Waals surface area contributed by atoms with E-state index in [1.165, 1.54) is 19.2 Å². The highest BCUT2D eigenvalue weighted by Crippen LogP contribution is 2.30. The zero-order valence-electron chi connectivity index (χ0n) is 19.4. The van der Waals surface area contributed by atoms with Gasteiger partial charge in [0.25, 0.3) is 10.0 Å². The molecule has 0 unspecified atom stereocenters. The first-order chi connectivity index (χ1) is 16.1. The number of hydrogen-bond donors (Lipinski definition) is 1. The Morgan fingerprint density at radius 1 is 0.971 bits per heavy atom. The number of carbonyl (C=O) groups excluding carboxylic acids is 1. The van der Waals surface area contributed by atoms with Crippen LogP contribution in [0.2, 0.25) is 5.02 Å². The van der Waals surface area contributed by atoms with E-state index < -0.39 is 28.5 Å². The molecule has 1 N–H and O–H groups in total. The first-order valence-corrected chi connectivity index (χ1v) is 12.3. The SMILES string of the molecule is COc1ccc([C@H](C)NC(=O)CN(c2ccc(Cl)cc2)S(=O)(=O)c2ccc(C)cc2)cc1OC. The molecule has 1 amide bonds. The number of rotatable bonds is 9. The fraction of sp³-hybridized carbons (Fsp3) is 0.240. The van der Waals surface area contributed by atoms with Crippen molar-refractivity contribution in [2.45, 2.75) is 24.8 Å². The summed E-state index contributed by atoms with van der Waals surface area (Å²) in [7, 11) is -0.929. The average Bonchev–Trinajstić information content (AvgIpc) is 2.82. The van der Waals surface area contributed by atoms with Crippen LogP contribution in [0.25, 0.3) is 0 Å². The maximum atomic E-state index is 13.5. The zero-order chi connectivity index (χ0) is 24.9. The Balaban J connectivity index is 1.87. The molecule has 3 aromatic rings. The Morgan fingerprint density at radius 3 is 2.18 bits per heavy atom. The van der Waals surface area contributed by atoms with Crippen LogP contribution in [-0.2, 0) is 14.8 Å². The predicted molar refractivity (Wildman–Crippen MR) is 133 cm³/mol. The molecule has 0 saturated heterocycles. The van der Waals surface area contributed by atoms with Crippen molar-refractivity contribution in [2.24, 2.45) is 0 Å². The second-order valence-electron chi connectivity index (χ2n) is 7.70. The summed E-state index contributed by atoms with van der Waals surface area (Å²) in [5.41, 5.74) is 2.04. The van der Waals surface area contributed by atoms with Crippen molar-refractivity contribution >= 4 is 33.2 Å². The number of amides is 1. The van der Waals surface area contributed by atoms with Crippen molar-refractivity contribution < 1.29 is 22.7 Å². The van der Waals surface area contributed by atoms with Gasteiger partial charge in [-0.1, -0.05) is 35.4 Å². The molecule has 0 aliphatic carbocycles. The van der Waals surface area contributed by atoms with Crippen molar-refractivity contribution in [3.8, 4) is 11.5 Å². The van der Waals surface area contributed by atoms with Crippen molar-refractivity contribution in [3.63, 3.8) is 0 Å². The van der Waals surface area contributed by atoms with Gasteiger partial charge in [0.1, 0.15) is 6.54 Å². The molecule has 0 aromatic heterocycles. The Labute approximate surface area is 205 Å². The van der Waals surface area contributed by atoms with Crippen LogP contribution >= 0.6 is 11.6 Å². The maximum absolute atomic E-state index is 13.5. The van der Waals surface area contributed by atoms with Gasteiger partial charge in [0, 0.05) is 5.02 Å². The molecule has 180 valence electrons. The molecule has 0 bridgehead atoms. The van der Waals surface area contributed by atoms with Gasteiger partial charge in [0.05, 0.1) is 30.8 Å². The van der Waals surface area contributed by atoms with E-state index in [2.05, 4.69) is 5.32 Å². The highest BCUT2D eigenvalue weighted by molar-refractivity contribution is 7.92. The molecule has 0 heterocycles. The topological polar surface area (TPSA) is 84.9 Å². The third-order valence-electron chi connectivity index (χ3n) is 5.30. The van der Waals surface area contributed by atoms with E-state index in [4.69, 9.17) is 21.1 Å². The lowest BCUT2D eigenvalue weighted by Crippen LogP contribution is -2.41. The smallest absolute Gasteiger partial charge is 0.264 e. The zero-order valence-corrected chi connectivity index (χ0v) is 21.0. The highest BCUT2D eigenvalue weighted by Gasteiger charge is 2.28. The van der Waals surface area contributed by atoms with Crippen molar-refractivity contribution in [3.05, 3.63) is 82.9 Å². The number of nitrogens with one attached hydrogen (secondary N) is 1. The van der Waals surface area contributed by atoms with Crippen LogP contribution in [-0.4, -0.2) is 35.1 Å². The largest absolute Gasteiger partial charge is 0.493 e. The molecule has 0 saturated carbocycles. The van der Waals surface area contributed by atoms with Crippen LogP contribution in [0.15, 0.2) is 71.6 Å². The number of carbonyl (C=O) groups is 1. The van der Waals surface area contributed by atoms with Crippen LogP contribution in [0, 0.1) is 6.92 Å². The van der Waals surface area contributed by atoms with Gasteiger partial charge in [-0.25, -0.2) is 8.42 Å². The summed E-state index contributed by atoms with van der Waals surface area (Å²) in [4.78, 5) is 13.1. The monoisotopic (exact) mass is 502 g/mol. The number of ether oxygens (including phenoxy) is 2. The van der Waals surface area contributed by atoms with E-state index in [1.54, 1.807) is 62.6 Å². The summed E-state index contributed by atoms with van der Waals surface area (Å²) < 4.78 is 38.6. The van der Waals surface area contributed by atoms with Crippen LogP contribution in [0.1, 0.15) is 24.1 Å². The summed E-state index contributed by atoms with van der Waals surface area (Å²) in [5.74, 6) is 0.640. The van der Waals surface area contributed by atoms with Gasteiger partial charge < -0.3 is 14.8 Å². The summed E-state index contributed by atoms with van der Waals surface area (Å²) in [6, 6.07) is 17.7. The van der Waals surface area contributed by atoms with E-state index in [1.807, 2.05) is 13.0 Å². The molecule has 34 heavy (non-hydrogen) atoms. The lowest BCUT2D eigenvalue weighted by molar-refractivity contribution is -0.120. The van der Waals surface area contributed by atoms with Gasteiger partial charge in [-0.15, -0.1) is 0 Å². The molecule has 3 rings (SSSR count). The number of nitrogens with zero attached hydrogens (tertiary/aromatic N) is 1. The summed E-state index contributed by atoms with van der Waals surface area (Å²) >= 11 is 5.99. The minimum Gasteiger partial charge on any atom is -0.493 e. The number of benzene rings is 3. The van der Waals surface area contributed by atoms with Crippen molar-refractivity contribution in [2.75, 3.05) is 25.1 Å². The minimum atomic E-state index is -4.01. The summed E-state index contributed by atoms with van der Waals surface area (Å²) in [6.45, 7) is 3.27. The van der Waals surface area contributed by atoms with Crippen LogP contribution < -0.4 is 19.1 Å². The summed E-state index contributed by atoms with van der Waals surface area (Å²) in [6.07, 6.45) is 0. The second-order valence-corrected chi connectivity index (χ2v) is 10.0. The fourth-order valence-electron chi connectivity index (χ4n) is 3.38. The Bertz CT molecular complexity index is 1250. The van der Waals surface area contributed by atoms with E-state index in [0.29, 0.717) is 22.2 Å². The van der Waals surface area contributed by atoms with Crippen LogP contribution in [0.5, 0.6) is 11.5 Å². The molecule has 9 heteroatoms. The fourth-order valence-corrected chi connectivity index (χ4v) is 4.93. The van der Waals surface area contributed by atoms with E-state index in [9.17, 15) is 13.2 Å². The molecule has 0 spiro atoms. The highest BCUT2D eigenvalue weighted by atomic mass is 35.5. The molecule has 1 atom stereocenters. The molecule has 3 aromatic carbocycles. The third-order valence-corrected chi connectivity index (χ3v) is 7.34. The normalized spacial score (nSPS) is 12.0. The third kappa shape index (κ3) is 5.81. The van der Waals surface area contributed by atoms with Gasteiger partial charge in [-0.05, 0) is 67.9 Å². The van der Waals surface area contributed by atoms with E-state index >= 15 is 0 Å². The number of halogens is 1. The van der Waals surface area contributed by atoms with Gasteiger partial charge in [0.2, 0.25) is 5.91 Å². The van der Waals surface area contributed by atoms with Crippen molar-refractivity contribution in [1.82, 2.24) is 5.32 Å². The molecule has 0 aliphatic heterocycles. The summed E-state index contributed by atoms with van der Waals surface area (Å²) in [5, 5.41) is 3.32. The van der Waals surface area contributed by atoms with Gasteiger partial charge >= 0.3 is 0 Å². The van der Waals surface area contributed by atoms with Gasteiger partial charge in [0.15, 0.2) is 11.5 Å². The van der Waals surface area contributed by atoms with Crippen molar-refractivity contribution in [1.29, 1.82) is 0 Å². The Morgan fingerprint density at radius 2 is 1.59 bits per heavy atom. The number of methoxy groups -OCH3 is 2. The van der Waals surface area contributed by atoms with E-state index in [-0.39, 0.29) is 4.90 Å². The number of anilines is 1. The lowest BCUT2D eigenvalue weighted by Gasteiger charge is -2.25.